The quantitative estimate of drug-likeness (QED) is 0.685. The van der Waals surface area contributed by atoms with E-state index in [0.717, 1.165) is 47.8 Å². The number of aliphatic hydroxyl groups is 1. The maximum Gasteiger partial charge on any atom is 0.166 e. The smallest absolute Gasteiger partial charge is 0.166 e. The van der Waals surface area contributed by atoms with Gasteiger partial charge in [0.15, 0.2) is 22.8 Å². The summed E-state index contributed by atoms with van der Waals surface area (Å²) in [6.45, 7) is 3.37. The van der Waals surface area contributed by atoms with Crippen molar-refractivity contribution in [2.75, 3.05) is 37.8 Å². The molecule has 0 saturated carbocycles. The molecule has 3 aromatic rings. The van der Waals surface area contributed by atoms with E-state index < -0.39 is 0 Å². The fourth-order valence-electron chi connectivity index (χ4n) is 4.02. The van der Waals surface area contributed by atoms with Gasteiger partial charge in [-0.25, -0.2) is 15.0 Å². The van der Waals surface area contributed by atoms with E-state index in [2.05, 4.69) is 39.3 Å². The van der Waals surface area contributed by atoms with Gasteiger partial charge in [0, 0.05) is 38.8 Å². The molecule has 5 rings (SSSR count). The fraction of sp³-hybridized carbons (Fsp3) is 0.429. The molecule has 0 radical (unpaired) electrons. The molecule has 1 N–H and O–H groups in total. The highest BCUT2D eigenvalue weighted by atomic mass is 16.5. The lowest BCUT2D eigenvalue weighted by Crippen LogP contribution is -2.37. The molecule has 0 bridgehead atoms. The van der Waals surface area contributed by atoms with Crippen molar-refractivity contribution in [3.8, 4) is 0 Å². The number of aliphatic hydroxyl groups excluding tert-OH is 1. The molecule has 9 nitrogen and oxygen atoms in total. The van der Waals surface area contributed by atoms with Crippen LogP contribution in [0.2, 0.25) is 0 Å². The number of aromatic nitrogens is 6. The number of rotatable bonds is 5. The van der Waals surface area contributed by atoms with Crippen LogP contribution in [0.25, 0.3) is 16.7 Å². The second-order valence-corrected chi connectivity index (χ2v) is 7.61. The summed E-state index contributed by atoms with van der Waals surface area (Å²) < 4.78 is 9.23. The molecule has 1 atom stereocenters. The second-order valence-electron chi connectivity index (χ2n) is 7.61. The summed E-state index contributed by atoms with van der Waals surface area (Å²) in [4.78, 5) is 16.6. The predicted octanol–water partition coefficient (Wildman–Crippen LogP) is 1.52. The average Bonchev–Trinajstić information content (AvgIpc) is 3.40. The Balaban J connectivity index is 1.55. The lowest BCUT2D eigenvalue weighted by Gasteiger charge is -2.28. The zero-order valence-corrected chi connectivity index (χ0v) is 17.0. The van der Waals surface area contributed by atoms with Crippen LogP contribution in [0.3, 0.4) is 0 Å². The molecule has 1 fully saturated rings. The number of hydrogen-bond donors (Lipinski definition) is 1. The molecule has 30 heavy (non-hydrogen) atoms. The van der Waals surface area contributed by atoms with Gasteiger partial charge in [0.05, 0.1) is 31.8 Å². The van der Waals surface area contributed by atoms with Gasteiger partial charge >= 0.3 is 0 Å². The predicted molar refractivity (Wildman–Crippen MR) is 113 cm³/mol. The maximum atomic E-state index is 9.45. The van der Waals surface area contributed by atoms with E-state index in [4.69, 9.17) is 14.7 Å². The molecule has 2 aliphatic rings. The molecular formula is C21H25N7O2. The topological polar surface area (TPSA) is 94.1 Å². The Morgan fingerprint density at radius 2 is 2.10 bits per heavy atom. The molecule has 0 amide bonds. The normalized spacial score (nSPS) is 19.5. The first-order chi connectivity index (χ1) is 14.7. The summed E-state index contributed by atoms with van der Waals surface area (Å²) in [6.07, 6.45) is 10.8. The van der Waals surface area contributed by atoms with Crippen LogP contribution < -0.4 is 4.90 Å². The van der Waals surface area contributed by atoms with Gasteiger partial charge in [0.25, 0.3) is 0 Å². The van der Waals surface area contributed by atoms with Crippen LogP contribution in [0.4, 0.5) is 5.82 Å². The van der Waals surface area contributed by atoms with Crippen molar-refractivity contribution >= 4 is 22.6 Å². The minimum atomic E-state index is 0.0326. The minimum absolute atomic E-state index is 0.0326. The van der Waals surface area contributed by atoms with Crippen molar-refractivity contribution in [3.05, 3.63) is 48.3 Å². The lowest BCUT2D eigenvalue weighted by molar-refractivity contribution is 0.122. The number of fused-ring (bicyclic) bond motifs is 1. The Kier molecular flexibility index (Phi) is 5.06. The summed E-state index contributed by atoms with van der Waals surface area (Å²) in [7, 11) is 1.93. The fourth-order valence-corrected chi connectivity index (χ4v) is 4.02. The van der Waals surface area contributed by atoms with Crippen LogP contribution >= 0.6 is 0 Å². The van der Waals surface area contributed by atoms with Crippen LogP contribution in [0.1, 0.15) is 23.9 Å². The van der Waals surface area contributed by atoms with E-state index in [9.17, 15) is 5.11 Å². The first-order valence-electron chi connectivity index (χ1n) is 10.3. The summed E-state index contributed by atoms with van der Waals surface area (Å²) >= 11 is 0. The molecule has 1 aliphatic heterocycles. The Morgan fingerprint density at radius 3 is 2.87 bits per heavy atom. The van der Waals surface area contributed by atoms with Gasteiger partial charge in [-0.15, -0.1) is 0 Å². The molecule has 156 valence electrons. The van der Waals surface area contributed by atoms with Gasteiger partial charge in [-0.1, -0.05) is 18.2 Å². The van der Waals surface area contributed by atoms with E-state index in [1.165, 1.54) is 0 Å². The van der Waals surface area contributed by atoms with Crippen LogP contribution in [0, 0.1) is 0 Å². The number of morpholine rings is 1. The van der Waals surface area contributed by atoms with Crippen molar-refractivity contribution in [3.63, 3.8) is 0 Å². The van der Waals surface area contributed by atoms with E-state index in [0.29, 0.717) is 25.6 Å². The van der Waals surface area contributed by atoms with Gasteiger partial charge in [0.2, 0.25) is 0 Å². The van der Waals surface area contributed by atoms with E-state index >= 15 is 0 Å². The Hall–Kier alpha value is -3.04. The number of ether oxygens (including phenoxy) is 1. The third-order valence-electron chi connectivity index (χ3n) is 5.58. The average molecular weight is 407 g/mol. The van der Waals surface area contributed by atoms with E-state index in [-0.39, 0.29) is 12.5 Å². The van der Waals surface area contributed by atoms with Crippen LogP contribution in [-0.4, -0.2) is 67.3 Å². The van der Waals surface area contributed by atoms with Crippen molar-refractivity contribution < 1.29 is 9.84 Å². The largest absolute Gasteiger partial charge is 0.395 e. The Bertz CT molecular complexity index is 1110. The summed E-state index contributed by atoms with van der Waals surface area (Å²) in [5.41, 5.74) is 3.63. The SMILES string of the molecule is Cn1ccc(C2C=CC=C(c3nc(N4CCOCC4)c4ncn(CCO)c4n3)C2)n1. The number of anilines is 1. The summed E-state index contributed by atoms with van der Waals surface area (Å²) in [6, 6.07) is 2.05. The summed E-state index contributed by atoms with van der Waals surface area (Å²) in [5.74, 6) is 1.73. The highest BCUT2D eigenvalue weighted by Crippen LogP contribution is 2.33. The lowest BCUT2D eigenvalue weighted by atomic mass is 9.91. The highest BCUT2D eigenvalue weighted by molar-refractivity contribution is 5.85. The van der Waals surface area contributed by atoms with Gasteiger partial charge in [-0.2, -0.15) is 5.10 Å². The van der Waals surface area contributed by atoms with Gasteiger partial charge < -0.3 is 19.3 Å². The first-order valence-corrected chi connectivity index (χ1v) is 10.3. The van der Waals surface area contributed by atoms with E-state index in [1.807, 2.05) is 22.5 Å². The zero-order chi connectivity index (χ0) is 20.5. The minimum Gasteiger partial charge on any atom is -0.395 e. The van der Waals surface area contributed by atoms with Crippen LogP contribution in [0.5, 0.6) is 0 Å². The third kappa shape index (κ3) is 3.50. The number of imidazole rings is 1. The Morgan fingerprint density at radius 1 is 1.23 bits per heavy atom. The molecule has 3 aromatic heterocycles. The van der Waals surface area contributed by atoms with Crippen molar-refractivity contribution in [1.82, 2.24) is 29.3 Å². The monoisotopic (exact) mass is 407 g/mol. The molecule has 4 heterocycles. The molecule has 1 saturated heterocycles. The van der Waals surface area contributed by atoms with Gasteiger partial charge in [0.1, 0.15) is 0 Å². The van der Waals surface area contributed by atoms with Gasteiger partial charge in [-0.3, -0.25) is 4.68 Å². The maximum absolute atomic E-state index is 9.45. The van der Waals surface area contributed by atoms with Gasteiger partial charge in [-0.05, 0) is 18.1 Å². The van der Waals surface area contributed by atoms with Crippen molar-refractivity contribution in [2.45, 2.75) is 18.9 Å². The molecular weight excluding hydrogens is 382 g/mol. The second kappa shape index (κ2) is 8.00. The number of allylic oxidation sites excluding steroid dienone is 4. The van der Waals surface area contributed by atoms with E-state index in [1.54, 1.807) is 6.33 Å². The van der Waals surface area contributed by atoms with Crippen LogP contribution in [0.15, 0.2) is 36.8 Å². The number of aryl methyl sites for hydroxylation is 1. The van der Waals surface area contributed by atoms with Crippen LogP contribution in [-0.2, 0) is 18.3 Å². The Labute approximate surface area is 174 Å². The molecule has 1 unspecified atom stereocenters. The highest BCUT2D eigenvalue weighted by Gasteiger charge is 2.24. The van der Waals surface area contributed by atoms with Crippen molar-refractivity contribution in [2.24, 2.45) is 7.05 Å². The standard InChI is InChI=1S/C21H25N7O2/c1-26-6-5-17(25-26)15-3-2-4-16(13-15)19-23-20(27-8-11-30-12-9-27)18-21(24-19)28(7-10-29)14-22-18/h2-6,14-15,29H,7-13H2,1H3. The first kappa shape index (κ1) is 19.0. The molecule has 9 heteroatoms. The van der Waals surface area contributed by atoms with Crippen molar-refractivity contribution in [1.29, 1.82) is 0 Å². The zero-order valence-electron chi connectivity index (χ0n) is 17.0. The molecule has 0 aromatic carbocycles. The number of hydrogen-bond acceptors (Lipinski definition) is 7. The summed E-state index contributed by atoms with van der Waals surface area (Å²) in [5, 5.41) is 14.0. The molecule has 0 spiro atoms. The molecule has 1 aliphatic carbocycles. The third-order valence-corrected chi connectivity index (χ3v) is 5.58. The number of nitrogens with zero attached hydrogens (tertiary/aromatic N) is 7.